The van der Waals surface area contributed by atoms with E-state index in [1.807, 2.05) is 51.1 Å². The van der Waals surface area contributed by atoms with Crippen LogP contribution in [0.4, 0.5) is 0 Å². The van der Waals surface area contributed by atoms with Crippen LogP contribution in [-0.2, 0) is 11.3 Å². The number of aromatic nitrogens is 3. The first kappa shape index (κ1) is 15.9. The number of hydrogen-bond acceptors (Lipinski definition) is 4. The molecule has 24 heavy (non-hydrogen) atoms. The molecule has 2 heterocycles. The second-order valence-electron chi connectivity index (χ2n) is 5.81. The third kappa shape index (κ3) is 3.51. The molecule has 0 aliphatic carbocycles. The van der Waals surface area contributed by atoms with Crippen LogP contribution >= 0.6 is 0 Å². The first-order valence-electron chi connectivity index (χ1n) is 7.75. The molecule has 0 saturated carbocycles. The van der Waals surface area contributed by atoms with E-state index in [0.29, 0.717) is 11.4 Å². The number of benzene rings is 1. The lowest BCUT2D eigenvalue weighted by molar-refractivity contribution is 0.0472. The molecule has 1 aromatic carbocycles. The number of hydrogen-bond donors (Lipinski definition) is 0. The molecule has 0 amide bonds. The van der Waals surface area contributed by atoms with E-state index in [1.165, 1.54) is 11.8 Å². The summed E-state index contributed by atoms with van der Waals surface area (Å²) >= 11 is 0. The van der Waals surface area contributed by atoms with Crippen molar-refractivity contribution >= 4 is 5.97 Å². The predicted molar refractivity (Wildman–Crippen MR) is 91.1 cm³/mol. The van der Waals surface area contributed by atoms with Crippen LogP contribution in [-0.4, -0.2) is 20.7 Å². The summed E-state index contributed by atoms with van der Waals surface area (Å²) < 4.78 is 7.07. The van der Waals surface area contributed by atoms with Gasteiger partial charge in [0.2, 0.25) is 0 Å². The zero-order valence-corrected chi connectivity index (χ0v) is 14.0. The minimum Gasteiger partial charge on any atom is -0.457 e. The van der Waals surface area contributed by atoms with Gasteiger partial charge in [-0.1, -0.05) is 29.8 Å². The van der Waals surface area contributed by atoms with Crippen LogP contribution in [0.1, 0.15) is 32.9 Å². The number of carbonyl (C=O) groups is 1. The zero-order valence-electron chi connectivity index (χ0n) is 14.0. The van der Waals surface area contributed by atoms with Gasteiger partial charge in [-0.25, -0.2) is 14.5 Å². The fourth-order valence-electron chi connectivity index (χ4n) is 2.41. The summed E-state index contributed by atoms with van der Waals surface area (Å²) in [5, 5.41) is 4.38. The van der Waals surface area contributed by atoms with Crippen molar-refractivity contribution in [2.24, 2.45) is 0 Å². The van der Waals surface area contributed by atoms with Crippen LogP contribution in [0.2, 0.25) is 0 Å². The Morgan fingerprint density at radius 1 is 1.08 bits per heavy atom. The molecule has 0 aliphatic heterocycles. The van der Waals surface area contributed by atoms with E-state index in [1.54, 1.807) is 16.8 Å². The number of pyridine rings is 1. The number of rotatable bonds is 4. The van der Waals surface area contributed by atoms with Crippen molar-refractivity contribution < 1.29 is 9.53 Å². The van der Waals surface area contributed by atoms with Gasteiger partial charge in [-0.3, -0.25) is 0 Å². The second kappa shape index (κ2) is 6.66. The molecule has 0 saturated heterocycles. The van der Waals surface area contributed by atoms with E-state index in [0.717, 1.165) is 17.0 Å². The molecule has 3 aromatic rings. The Bertz CT molecular complexity index is 849. The quantitative estimate of drug-likeness (QED) is 0.690. The molecule has 3 rings (SSSR count). The average Bonchev–Trinajstić information content (AvgIpc) is 2.92. The molecule has 0 bridgehead atoms. The highest BCUT2D eigenvalue weighted by atomic mass is 16.5. The molecule has 5 heteroatoms. The molecule has 0 atom stereocenters. The maximum atomic E-state index is 12.1. The lowest BCUT2D eigenvalue weighted by atomic mass is 10.2. The second-order valence-corrected chi connectivity index (χ2v) is 5.81. The largest absolute Gasteiger partial charge is 0.457 e. The molecule has 0 spiro atoms. The van der Waals surface area contributed by atoms with E-state index in [-0.39, 0.29) is 12.6 Å². The highest BCUT2D eigenvalue weighted by Gasteiger charge is 2.10. The van der Waals surface area contributed by atoms with Crippen LogP contribution in [0.3, 0.4) is 0 Å². The van der Waals surface area contributed by atoms with Crippen molar-refractivity contribution in [3.05, 3.63) is 76.7 Å². The Kier molecular flexibility index (Phi) is 4.42. The van der Waals surface area contributed by atoms with Gasteiger partial charge in [0.1, 0.15) is 6.61 Å². The summed E-state index contributed by atoms with van der Waals surface area (Å²) in [6, 6.07) is 13.3. The van der Waals surface area contributed by atoms with E-state index < -0.39 is 0 Å². The standard InChI is InChI=1S/C19H19N3O2/c1-13-4-6-16(7-5-13)12-24-19(23)17-8-9-18(20-11-17)22-15(3)10-14(2)21-22/h4-11H,12H2,1-3H3. The number of nitrogens with zero attached hydrogens (tertiary/aromatic N) is 3. The lowest BCUT2D eigenvalue weighted by Gasteiger charge is -2.07. The predicted octanol–water partition coefficient (Wildman–Crippen LogP) is 3.55. The van der Waals surface area contributed by atoms with Gasteiger partial charge in [0.25, 0.3) is 0 Å². The molecule has 0 unspecified atom stereocenters. The molecule has 5 nitrogen and oxygen atoms in total. The number of esters is 1. The number of ether oxygens (including phenoxy) is 1. The van der Waals surface area contributed by atoms with Crippen molar-refractivity contribution in [1.82, 2.24) is 14.8 Å². The van der Waals surface area contributed by atoms with Gasteiger partial charge in [0.05, 0.1) is 11.3 Å². The summed E-state index contributed by atoms with van der Waals surface area (Å²) in [5.74, 6) is 0.290. The molecule has 0 aliphatic rings. The Morgan fingerprint density at radius 2 is 1.83 bits per heavy atom. The SMILES string of the molecule is Cc1ccc(COC(=O)c2ccc(-n3nc(C)cc3C)nc2)cc1. The van der Waals surface area contributed by atoms with Crippen molar-refractivity contribution in [3.8, 4) is 5.82 Å². The maximum absolute atomic E-state index is 12.1. The first-order valence-corrected chi connectivity index (χ1v) is 7.75. The molecule has 122 valence electrons. The van der Waals surface area contributed by atoms with Crippen LogP contribution in [0.15, 0.2) is 48.7 Å². The normalized spacial score (nSPS) is 10.6. The van der Waals surface area contributed by atoms with Crippen LogP contribution in [0, 0.1) is 20.8 Å². The highest BCUT2D eigenvalue weighted by Crippen LogP contribution is 2.12. The summed E-state index contributed by atoms with van der Waals surface area (Å²) in [7, 11) is 0. The van der Waals surface area contributed by atoms with Crippen LogP contribution < -0.4 is 0 Å². The van der Waals surface area contributed by atoms with E-state index in [4.69, 9.17) is 4.74 Å². The Morgan fingerprint density at radius 3 is 2.42 bits per heavy atom. The Labute approximate surface area is 140 Å². The smallest absolute Gasteiger partial charge is 0.340 e. The van der Waals surface area contributed by atoms with Crippen LogP contribution in [0.25, 0.3) is 5.82 Å². The van der Waals surface area contributed by atoms with Gasteiger partial charge in [-0.2, -0.15) is 5.10 Å². The minimum absolute atomic E-state index is 0.248. The van der Waals surface area contributed by atoms with Gasteiger partial charge in [-0.15, -0.1) is 0 Å². The van der Waals surface area contributed by atoms with E-state index in [9.17, 15) is 4.79 Å². The minimum atomic E-state index is -0.386. The molecule has 2 aromatic heterocycles. The third-order valence-electron chi connectivity index (χ3n) is 3.70. The van der Waals surface area contributed by atoms with Crippen molar-refractivity contribution in [3.63, 3.8) is 0 Å². The maximum Gasteiger partial charge on any atom is 0.340 e. The summed E-state index contributed by atoms with van der Waals surface area (Å²) in [5.41, 5.74) is 4.48. The first-order chi connectivity index (χ1) is 11.5. The van der Waals surface area contributed by atoms with E-state index in [2.05, 4.69) is 10.1 Å². The summed E-state index contributed by atoms with van der Waals surface area (Å²) in [6.07, 6.45) is 1.52. The fourth-order valence-corrected chi connectivity index (χ4v) is 2.41. The number of aryl methyl sites for hydroxylation is 3. The van der Waals surface area contributed by atoms with Gasteiger partial charge in [0, 0.05) is 11.9 Å². The molecular formula is C19H19N3O2. The molecule has 0 N–H and O–H groups in total. The monoisotopic (exact) mass is 321 g/mol. The average molecular weight is 321 g/mol. The molecule has 0 fully saturated rings. The van der Waals surface area contributed by atoms with Gasteiger partial charge < -0.3 is 4.74 Å². The zero-order chi connectivity index (χ0) is 17.1. The van der Waals surface area contributed by atoms with Gasteiger partial charge >= 0.3 is 5.97 Å². The highest BCUT2D eigenvalue weighted by molar-refractivity contribution is 5.89. The lowest BCUT2D eigenvalue weighted by Crippen LogP contribution is -2.07. The van der Waals surface area contributed by atoms with Gasteiger partial charge in [-0.05, 0) is 44.5 Å². The van der Waals surface area contributed by atoms with Gasteiger partial charge in [0.15, 0.2) is 5.82 Å². The van der Waals surface area contributed by atoms with Crippen molar-refractivity contribution in [2.45, 2.75) is 27.4 Å². The van der Waals surface area contributed by atoms with Crippen molar-refractivity contribution in [2.75, 3.05) is 0 Å². The third-order valence-corrected chi connectivity index (χ3v) is 3.70. The number of carbonyl (C=O) groups excluding carboxylic acids is 1. The Balaban J connectivity index is 1.67. The fraction of sp³-hybridized carbons (Fsp3) is 0.211. The van der Waals surface area contributed by atoms with Crippen LogP contribution in [0.5, 0.6) is 0 Å². The molecule has 0 radical (unpaired) electrons. The topological polar surface area (TPSA) is 57.0 Å². The molecular weight excluding hydrogens is 302 g/mol. The van der Waals surface area contributed by atoms with E-state index >= 15 is 0 Å². The summed E-state index contributed by atoms with van der Waals surface area (Å²) in [6.45, 7) is 6.16. The summed E-state index contributed by atoms with van der Waals surface area (Å²) in [4.78, 5) is 16.4. The van der Waals surface area contributed by atoms with Crippen molar-refractivity contribution in [1.29, 1.82) is 0 Å². The Hall–Kier alpha value is -2.95.